The van der Waals surface area contributed by atoms with E-state index in [1.807, 2.05) is 0 Å². The summed E-state index contributed by atoms with van der Waals surface area (Å²) in [5, 5.41) is 7.36. The Morgan fingerprint density at radius 2 is 2.00 bits per heavy atom. The fraction of sp³-hybridized carbons (Fsp3) is 0.714. The Labute approximate surface area is 87.5 Å². The maximum Gasteiger partial charge on any atom is 0.264 e. The molecular formula is C7H12N2O5S. The van der Waals surface area contributed by atoms with Crippen LogP contribution in [0.3, 0.4) is 0 Å². The van der Waals surface area contributed by atoms with E-state index >= 15 is 0 Å². The van der Waals surface area contributed by atoms with E-state index in [4.69, 9.17) is 9.15 Å². The zero-order valence-corrected chi connectivity index (χ0v) is 9.28. The Morgan fingerprint density at radius 1 is 1.33 bits per heavy atom. The molecule has 8 heteroatoms. The highest BCUT2D eigenvalue weighted by Gasteiger charge is 2.07. The van der Waals surface area contributed by atoms with Gasteiger partial charge in [0.1, 0.15) is 6.61 Å². The molecule has 1 heterocycles. The molecule has 0 aliphatic carbocycles. The summed E-state index contributed by atoms with van der Waals surface area (Å²) in [6, 6.07) is 0. The number of methoxy groups -OCH3 is 1. The average molecular weight is 236 g/mol. The van der Waals surface area contributed by atoms with Crippen molar-refractivity contribution in [3.63, 3.8) is 0 Å². The van der Waals surface area contributed by atoms with Crippen LogP contribution in [0.15, 0.2) is 4.42 Å². The molecule has 7 nitrogen and oxygen atoms in total. The van der Waals surface area contributed by atoms with Crippen LogP contribution in [0.25, 0.3) is 0 Å². The normalized spacial score (nSPS) is 11.9. The van der Waals surface area contributed by atoms with Crippen molar-refractivity contribution in [2.24, 2.45) is 0 Å². The summed E-state index contributed by atoms with van der Waals surface area (Å²) >= 11 is 0. The summed E-state index contributed by atoms with van der Waals surface area (Å²) in [5.41, 5.74) is 0. The third kappa shape index (κ3) is 4.86. The van der Waals surface area contributed by atoms with Crippen LogP contribution in [-0.2, 0) is 32.1 Å². The van der Waals surface area contributed by atoms with Gasteiger partial charge < -0.3 is 9.15 Å². The predicted octanol–water partition coefficient (Wildman–Crippen LogP) is -0.265. The highest BCUT2D eigenvalue weighted by atomic mass is 32.2. The van der Waals surface area contributed by atoms with E-state index in [1.165, 1.54) is 7.11 Å². The monoisotopic (exact) mass is 236 g/mol. The first-order valence-corrected chi connectivity index (χ1v) is 5.97. The van der Waals surface area contributed by atoms with E-state index in [0.717, 1.165) is 6.26 Å². The second-order valence-electron chi connectivity index (χ2n) is 2.80. The standard InChI is InChI=1S/C7H12N2O5S/c1-12-5-7-9-8-6(14-7)3-4-13-15(2,10)11/h3-5H2,1-2H3. The number of hydrogen-bond donors (Lipinski definition) is 0. The Bertz CT molecular complexity index is 399. The van der Waals surface area contributed by atoms with Gasteiger partial charge in [-0.15, -0.1) is 10.2 Å². The maximum atomic E-state index is 10.6. The van der Waals surface area contributed by atoms with Crippen LogP contribution in [0.2, 0.25) is 0 Å². The van der Waals surface area contributed by atoms with Gasteiger partial charge in [-0.2, -0.15) is 8.42 Å². The largest absolute Gasteiger partial charge is 0.423 e. The topological polar surface area (TPSA) is 91.5 Å². The summed E-state index contributed by atoms with van der Waals surface area (Å²) in [6.07, 6.45) is 1.24. The van der Waals surface area contributed by atoms with Crippen LogP contribution in [0.4, 0.5) is 0 Å². The quantitative estimate of drug-likeness (QED) is 0.628. The van der Waals surface area contributed by atoms with Crippen molar-refractivity contribution in [3.05, 3.63) is 11.8 Å². The van der Waals surface area contributed by atoms with Crippen molar-refractivity contribution < 1.29 is 21.8 Å². The summed E-state index contributed by atoms with van der Waals surface area (Å²) in [7, 11) is -1.90. The van der Waals surface area contributed by atoms with Gasteiger partial charge in [0, 0.05) is 7.11 Å². The van der Waals surface area contributed by atoms with Crippen molar-refractivity contribution in [1.82, 2.24) is 10.2 Å². The first-order chi connectivity index (χ1) is 7.01. The molecule has 1 aromatic rings. The van der Waals surface area contributed by atoms with Crippen molar-refractivity contribution >= 4 is 10.1 Å². The molecule has 0 unspecified atom stereocenters. The van der Waals surface area contributed by atoms with Crippen LogP contribution in [0.5, 0.6) is 0 Å². The molecule has 0 N–H and O–H groups in total. The molecule has 0 radical (unpaired) electrons. The number of aromatic nitrogens is 2. The van der Waals surface area contributed by atoms with Crippen LogP contribution in [-0.4, -0.2) is 38.6 Å². The predicted molar refractivity (Wildman–Crippen MR) is 49.5 cm³/mol. The average Bonchev–Trinajstić information content (AvgIpc) is 2.51. The van der Waals surface area contributed by atoms with Gasteiger partial charge in [0.25, 0.3) is 10.1 Å². The Balaban J connectivity index is 2.38. The van der Waals surface area contributed by atoms with E-state index in [0.29, 0.717) is 11.8 Å². The lowest BCUT2D eigenvalue weighted by molar-refractivity contribution is 0.157. The molecule has 0 saturated heterocycles. The molecule has 0 bridgehead atoms. The molecule has 0 aliphatic rings. The minimum Gasteiger partial charge on any atom is -0.423 e. The van der Waals surface area contributed by atoms with Crippen molar-refractivity contribution in [2.45, 2.75) is 13.0 Å². The number of rotatable bonds is 6. The van der Waals surface area contributed by atoms with Gasteiger partial charge in [-0.3, -0.25) is 4.18 Å². The van der Waals surface area contributed by atoms with E-state index < -0.39 is 10.1 Å². The smallest absolute Gasteiger partial charge is 0.264 e. The Kier molecular flexibility index (Phi) is 4.18. The van der Waals surface area contributed by atoms with Crippen molar-refractivity contribution in [2.75, 3.05) is 20.0 Å². The van der Waals surface area contributed by atoms with Gasteiger partial charge >= 0.3 is 0 Å². The third-order valence-corrected chi connectivity index (χ3v) is 1.98. The summed E-state index contributed by atoms with van der Waals surface area (Å²) in [4.78, 5) is 0. The molecule has 15 heavy (non-hydrogen) atoms. The lowest BCUT2D eigenvalue weighted by Gasteiger charge is -1.96. The van der Waals surface area contributed by atoms with Crippen LogP contribution in [0.1, 0.15) is 11.8 Å². The molecule has 0 aromatic carbocycles. The zero-order valence-electron chi connectivity index (χ0n) is 8.47. The minimum atomic E-state index is -3.41. The lowest BCUT2D eigenvalue weighted by atomic mass is 10.5. The molecule has 0 spiro atoms. The highest BCUT2D eigenvalue weighted by molar-refractivity contribution is 7.85. The van der Waals surface area contributed by atoms with Gasteiger partial charge in [0.15, 0.2) is 0 Å². The second-order valence-corrected chi connectivity index (χ2v) is 4.44. The van der Waals surface area contributed by atoms with E-state index in [1.54, 1.807) is 0 Å². The van der Waals surface area contributed by atoms with Crippen LogP contribution < -0.4 is 0 Å². The fourth-order valence-electron chi connectivity index (χ4n) is 0.852. The highest BCUT2D eigenvalue weighted by Crippen LogP contribution is 2.02. The molecule has 0 fully saturated rings. The first-order valence-electron chi connectivity index (χ1n) is 4.16. The molecule has 1 rings (SSSR count). The van der Waals surface area contributed by atoms with E-state index in [-0.39, 0.29) is 19.6 Å². The second kappa shape index (κ2) is 5.19. The Hall–Kier alpha value is -0.990. The molecular weight excluding hydrogens is 224 g/mol. The summed E-state index contributed by atoms with van der Waals surface area (Å²) in [5.74, 6) is 0.678. The maximum absolute atomic E-state index is 10.6. The lowest BCUT2D eigenvalue weighted by Crippen LogP contribution is -2.06. The molecule has 1 aromatic heterocycles. The van der Waals surface area contributed by atoms with Gasteiger partial charge in [-0.25, -0.2) is 0 Å². The van der Waals surface area contributed by atoms with Gasteiger partial charge in [0.05, 0.1) is 19.3 Å². The Morgan fingerprint density at radius 3 is 2.60 bits per heavy atom. The van der Waals surface area contributed by atoms with Gasteiger partial charge in [0.2, 0.25) is 11.8 Å². The fourth-order valence-corrected chi connectivity index (χ4v) is 1.24. The molecule has 86 valence electrons. The third-order valence-electron chi connectivity index (χ3n) is 1.39. The molecule has 0 amide bonds. The van der Waals surface area contributed by atoms with Crippen LogP contribution >= 0.6 is 0 Å². The minimum absolute atomic E-state index is 0.00650. The number of ether oxygens (including phenoxy) is 1. The molecule has 0 atom stereocenters. The van der Waals surface area contributed by atoms with Gasteiger partial charge in [-0.1, -0.05) is 0 Å². The van der Waals surface area contributed by atoms with Crippen LogP contribution in [0, 0.1) is 0 Å². The molecule has 0 aliphatic heterocycles. The molecule has 0 saturated carbocycles. The van der Waals surface area contributed by atoms with Crippen molar-refractivity contribution in [1.29, 1.82) is 0 Å². The number of nitrogens with zero attached hydrogens (tertiary/aromatic N) is 2. The number of hydrogen-bond acceptors (Lipinski definition) is 7. The SMILES string of the molecule is COCc1nnc(CCOS(C)(=O)=O)o1. The first kappa shape index (κ1) is 12.1. The van der Waals surface area contributed by atoms with E-state index in [2.05, 4.69) is 14.4 Å². The summed E-state index contributed by atoms with van der Waals surface area (Å²) in [6.45, 7) is 0.230. The zero-order chi connectivity index (χ0) is 11.3. The summed E-state index contributed by atoms with van der Waals surface area (Å²) < 4.78 is 35.6. The van der Waals surface area contributed by atoms with E-state index in [9.17, 15) is 8.42 Å². The van der Waals surface area contributed by atoms with Gasteiger partial charge in [-0.05, 0) is 0 Å². The van der Waals surface area contributed by atoms with Crippen molar-refractivity contribution in [3.8, 4) is 0 Å².